The Morgan fingerprint density at radius 2 is 1.65 bits per heavy atom. The fourth-order valence-corrected chi connectivity index (χ4v) is 3.22. The number of aliphatic hydroxyl groups excluding tert-OH is 1. The number of benzene rings is 3. The maximum absolute atomic E-state index is 11.2. The van der Waals surface area contributed by atoms with Crippen LogP contribution in [0.3, 0.4) is 0 Å². The van der Waals surface area contributed by atoms with Crippen LogP contribution in [0.1, 0.15) is 22.0 Å². The summed E-state index contributed by atoms with van der Waals surface area (Å²) in [5, 5.41) is 45.7. The number of carboxylic acid groups (broad SMARTS) is 1. The minimum absolute atomic E-state index is 0.100. The molecule has 0 aliphatic rings. The molecule has 3 aromatic carbocycles. The molecule has 7 nitrogen and oxygen atoms in total. The lowest BCUT2D eigenvalue weighted by Crippen LogP contribution is -2.51. The van der Waals surface area contributed by atoms with Gasteiger partial charge in [0.2, 0.25) is 5.91 Å². The molecule has 162 valence electrons. The molecule has 1 unspecified atom stereocenters. The monoisotopic (exact) mass is 442 g/mol. The summed E-state index contributed by atoms with van der Waals surface area (Å²) in [6.45, 7) is -0.356. The molecule has 0 saturated carbocycles. The van der Waals surface area contributed by atoms with E-state index in [1.54, 1.807) is 60.7 Å². The van der Waals surface area contributed by atoms with Crippen molar-refractivity contribution >= 4 is 23.3 Å². The summed E-state index contributed by atoms with van der Waals surface area (Å²) in [5.74, 6) is -3.29. The molecular weight excluding hydrogens is 420 g/mol. The summed E-state index contributed by atoms with van der Waals surface area (Å²) in [7, 11) is 0. The molecule has 0 aliphatic carbocycles. The van der Waals surface area contributed by atoms with E-state index in [1.165, 1.54) is 6.07 Å². The second-order valence-corrected chi connectivity index (χ2v) is 7.53. The summed E-state index contributed by atoms with van der Waals surface area (Å²) in [6.07, 6.45) is -0.970. The molecule has 6 N–H and O–H groups in total. The number of carboxylic acids is 1. The first-order chi connectivity index (χ1) is 14.7. The first kappa shape index (κ1) is 22.7. The number of aromatic carboxylic acids is 1. The van der Waals surface area contributed by atoms with E-state index in [1.807, 2.05) is 6.07 Å². The van der Waals surface area contributed by atoms with Crippen LogP contribution in [-0.4, -0.2) is 45.4 Å². The molecule has 3 aromatic rings. The molecular formula is C23H23ClN2O5. The van der Waals surface area contributed by atoms with Crippen molar-refractivity contribution in [2.45, 2.75) is 12.0 Å². The number of hydrogen-bond acceptors (Lipinski definition) is 6. The first-order valence-electron chi connectivity index (χ1n) is 9.54. The summed E-state index contributed by atoms with van der Waals surface area (Å²) in [5.41, 5.74) is 2.86. The van der Waals surface area contributed by atoms with Gasteiger partial charge in [0.25, 0.3) is 0 Å². The Hall–Kier alpha value is -2.94. The van der Waals surface area contributed by atoms with E-state index in [-0.39, 0.29) is 18.7 Å². The van der Waals surface area contributed by atoms with E-state index in [4.69, 9.17) is 16.7 Å². The number of carbonyl (C=O) groups is 1. The van der Waals surface area contributed by atoms with Crippen molar-refractivity contribution in [2.24, 2.45) is 0 Å². The number of nitrogens with one attached hydrogen (secondary N) is 2. The fourth-order valence-electron chi connectivity index (χ4n) is 3.02. The van der Waals surface area contributed by atoms with Crippen LogP contribution in [0.2, 0.25) is 5.02 Å². The zero-order chi connectivity index (χ0) is 22.4. The van der Waals surface area contributed by atoms with Crippen LogP contribution in [0, 0.1) is 0 Å². The SMILES string of the molecule is O=C(O)c1cccc(-c2cccc(NCC(O)(O)NCC(O)c3cccc(Cl)c3)c2)c1. The van der Waals surface area contributed by atoms with Crippen molar-refractivity contribution in [3.8, 4) is 11.1 Å². The van der Waals surface area contributed by atoms with Crippen LogP contribution in [0.5, 0.6) is 0 Å². The Morgan fingerprint density at radius 1 is 0.968 bits per heavy atom. The third-order valence-corrected chi connectivity index (χ3v) is 4.89. The Balaban J connectivity index is 1.60. The molecule has 0 saturated heterocycles. The van der Waals surface area contributed by atoms with Gasteiger partial charge < -0.3 is 25.7 Å². The first-order valence-corrected chi connectivity index (χ1v) is 9.92. The van der Waals surface area contributed by atoms with E-state index < -0.39 is 18.0 Å². The van der Waals surface area contributed by atoms with Crippen molar-refractivity contribution in [1.82, 2.24) is 5.32 Å². The molecule has 0 bridgehead atoms. The fraction of sp³-hybridized carbons (Fsp3) is 0.174. The minimum Gasteiger partial charge on any atom is -0.478 e. The average Bonchev–Trinajstić information content (AvgIpc) is 2.76. The van der Waals surface area contributed by atoms with Gasteiger partial charge in [-0.15, -0.1) is 0 Å². The predicted molar refractivity (Wildman–Crippen MR) is 119 cm³/mol. The maximum atomic E-state index is 11.2. The normalized spacial score (nSPS) is 12.4. The largest absolute Gasteiger partial charge is 0.478 e. The van der Waals surface area contributed by atoms with Gasteiger partial charge in [0.1, 0.15) is 0 Å². The number of halogens is 1. The van der Waals surface area contributed by atoms with Crippen LogP contribution >= 0.6 is 11.6 Å². The minimum atomic E-state index is -2.28. The molecule has 0 fully saturated rings. The second kappa shape index (κ2) is 9.91. The molecule has 3 rings (SSSR count). The highest BCUT2D eigenvalue weighted by Crippen LogP contribution is 2.24. The lowest BCUT2D eigenvalue weighted by molar-refractivity contribution is -0.176. The van der Waals surface area contributed by atoms with Gasteiger partial charge in [-0.3, -0.25) is 5.32 Å². The molecule has 0 radical (unpaired) electrons. The topological polar surface area (TPSA) is 122 Å². The van der Waals surface area contributed by atoms with Gasteiger partial charge in [0.15, 0.2) is 0 Å². The molecule has 0 aromatic heterocycles. The molecule has 0 spiro atoms. The van der Waals surface area contributed by atoms with E-state index in [9.17, 15) is 20.1 Å². The van der Waals surface area contributed by atoms with Gasteiger partial charge >= 0.3 is 5.97 Å². The third kappa shape index (κ3) is 6.52. The number of aliphatic hydroxyl groups is 3. The zero-order valence-electron chi connectivity index (χ0n) is 16.5. The van der Waals surface area contributed by atoms with Crippen molar-refractivity contribution < 1.29 is 25.2 Å². The lowest BCUT2D eigenvalue weighted by atomic mass is 10.0. The van der Waals surface area contributed by atoms with E-state index in [2.05, 4.69) is 10.6 Å². The van der Waals surface area contributed by atoms with Gasteiger partial charge in [-0.2, -0.15) is 0 Å². The smallest absolute Gasteiger partial charge is 0.335 e. The van der Waals surface area contributed by atoms with Gasteiger partial charge in [-0.05, 0) is 53.1 Å². The number of anilines is 1. The maximum Gasteiger partial charge on any atom is 0.335 e. The summed E-state index contributed by atoms with van der Waals surface area (Å²) >= 11 is 5.91. The predicted octanol–water partition coefficient (Wildman–Crippen LogP) is 3.08. The van der Waals surface area contributed by atoms with Gasteiger partial charge in [0.05, 0.1) is 18.2 Å². The van der Waals surface area contributed by atoms with E-state index >= 15 is 0 Å². The van der Waals surface area contributed by atoms with Crippen LogP contribution in [0.25, 0.3) is 11.1 Å². The van der Waals surface area contributed by atoms with Crippen LogP contribution < -0.4 is 10.6 Å². The Labute approximate surface area is 184 Å². The van der Waals surface area contributed by atoms with Gasteiger partial charge in [-0.1, -0.05) is 48.0 Å². The molecule has 0 aliphatic heterocycles. The van der Waals surface area contributed by atoms with E-state index in [0.29, 0.717) is 16.3 Å². The van der Waals surface area contributed by atoms with Crippen molar-refractivity contribution in [3.63, 3.8) is 0 Å². The van der Waals surface area contributed by atoms with Crippen molar-refractivity contribution in [2.75, 3.05) is 18.4 Å². The standard InChI is InChI=1S/C23H23ClN2O5/c24-19-8-2-6-17(11-19)21(27)13-26-23(30,31)14-25-20-9-3-5-16(12-20)15-4-1-7-18(10-15)22(28)29/h1-12,21,25-27,30-31H,13-14H2,(H,28,29). The molecule has 1 atom stereocenters. The summed E-state index contributed by atoms with van der Waals surface area (Å²) < 4.78 is 0. The molecule has 0 heterocycles. The highest BCUT2D eigenvalue weighted by molar-refractivity contribution is 6.30. The zero-order valence-corrected chi connectivity index (χ0v) is 17.3. The van der Waals surface area contributed by atoms with Gasteiger partial charge in [0, 0.05) is 17.3 Å². The van der Waals surface area contributed by atoms with Gasteiger partial charge in [-0.25, -0.2) is 4.79 Å². The number of rotatable bonds is 9. The number of hydrogen-bond donors (Lipinski definition) is 6. The third-order valence-electron chi connectivity index (χ3n) is 4.66. The lowest BCUT2D eigenvalue weighted by Gasteiger charge is -2.25. The molecule has 8 heteroatoms. The summed E-state index contributed by atoms with van der Waals surface area (Å²) in [6, 6.07) is 20.4. The van der Waals surface area contributed by atoms with Crippen LogP contribution in [0.4, 0.5) is 5.69 Å². The van der Waals surface area contributed by atoms with E-state index in [0.717, 1.165) is 11.1 Å². The second-order valence-electron chi connectivity index (χ2n) is 7.09. The van der Waals surface area contributed by atoms with Crippen LogP contribution in [-0.2, 0) is 0 Å². The quantitative estimate of drug-likeness (QED) is 0.281. The molecule has 31 heavy (non-hydrogen) atoms. The Bertz CT molecular complexity index is 1060. The molecule has 0 amide bonds. The Kier molecular flexibility index (Phi) is 7.27. The summed E-state index contributed by atoms with van der Waals surface area (Å²) in [4.78, 5) is 11.2. The average molecular weight is 443 g/mol. The van der Waals surface area contributed by atoms with Crippen molar-refractivity contribution in [3.05, 3.63) is 88.9 Å². The van der Waals surface area contributed by atoms with Crippen molar-refractivity contribution in [1.29, 1.82) is 0 Å². The highest BCUT2D eigenvalue weighted by Gasteiger charge is 2.24. The van der Waals surface area contributed by atoms with Crippen LogP contribution in [0.15, 0.2) is 72.8 Å². The Morgan fingerprint density at radius 3 is 2.35 bits per heavy atom. The highest BCUT2D eigenvalue weighted by atomic mass is 35.5.